The van der Waals surface area contributed by atoms with Crippen molar-refractivity contribution in [2.75, 3.05) is 10.2 Å². The van der Waals surface area contributed by atoms with Crippen LogP contribution in [0.4, 0.5) is 28.4 Å². The van der Waals surface area contributed by atoms with Crippen molar-refractivity contribution in [2.24, 2.45) is 0 Å². The maximum atomic E-state index is 6.25. The maximum Gasteiger partial charge on any atom is 0.131 e. The molecule has 0 aliphatic heterocycles. The van der Waals surface area contributed by atoms with E-state index in [2.05, 4.69) is 83.0 Å². The number of benzene rings is 5. The Morgan fingerprint density at radius 3 is 1.52 bits per heavy atom. The summed E-state index contributed by atoms with van der Waals surface area (Å²) in [5.41, 5.74) is 5.12. The van der Waals surface area contributed by atoms with Crippen LogP contribution in [0.5, 0.6) is 11.5 Å². The normalized spacial score (nSPS) is 10.4. The summed E-state index contributed by atoms with van der Waals surface area (Å²) in [5, 5.41) is 3.52. The number of hydrogen-bond acceptors (Lipinski definition) is 3. The number of hydrogen-bond donors (Lipinski definition) is 1. The van der Waals surface area contributed by atoms with Gasteiger partial charge in [0.1, 0.15) is 11.5 Å². The Morgan fingerprint density at radius 1 is 0.424 bits per heavy atom. The molecule has 0 aromatic heterocycles. The zero-order valence-corrected chi connectivity index (χ0v) is 18.1. The molecule has 5 aromatic rings. The van der Waals surface area contributed by atoms with E-state index in [4.69, 9.17) is 4.74 Å². The Morgan fingerprint density at radius 2 is 0.939 bits per heavy atom. The first-order chi connectivity index (χ1) is 16.3. The van der Waals surface area contributed by atoms with Gasteiger partial charge >= 0.3 is 0 Å². The lowest BCUT2D eigenvalue weighted by molar-refractivity contribution is 0.483. The molecule has 160 valence electrons. The molecule has 5 rings (SSSR count). The quantitative estimate of drug-likeness (QED) is 0.280. The van der Waals surface area contributed by atoms with Crippen LogP contribution in [-0.4, -0.2) is 0 Å². The molecular formula is C30H24N2O. The first kappa shape index (κ1) is 20.4. The van der Waals surface area contributed by atoms with Gasteiger partial charge in [0.2, 0.25) is 0 Å². The van der Waals surface area contributed by atoms with Crippen molar-refractivity contribution < 1.29 is 4.74 Å². The van der Waals surface area contributed by atoms with Gasteiger partial charge in [0.25, 0.3) is 0 Å². The molecule has 5 aromatic carbocycles. The van der Waals surface area contributed by atoms with Crippen molar-refractivity contribution in [1.82, 2.24) is 0 Å². The van der Waals surface area contributed by atoms with Gasteiger partial charge in [-0.25, -0.2) is 0 Å². The molecule has 0 bridgehead atoms. The topological polar surface area (TPSA) is 24.5 Å². The van der Waals surface area contributed by atoms with Crippen molar-refractivity contribution in [3.05, 3.63) is 140 Å². The van der Waals surface area contributed by atoms with Gasteiger partial charge in [-0.15, -0.1) is 0 Å². The zero-order valence-electron chi connectivity index (χ0n) is 18.1. The van der Waals surface area contributed by atoms with Crippen molar-refractivity contribution in [2.45, 2.75) is 0 Å². The monoisotopic (exact) mass is 428 g/mol. The summed E-state index contributed by atoms with van der Waals surface area (Å²) in [6, 6.07) is 47.0. The van der Waals surface area contributed by atoms with Gasteiger partial charge < -0.3 is 15.0 Å². The summed E-state index contributed by atoms with van der Waals surface area (Å²) in [4.78, 5) is 2.23. The number of nitrogens with zero attached hydrogens (tertiary/aromatic N) is 1. The van der Waals surface area contributed by atoms with E-state index >= 15 is 0 Å². The molecule has 0 fully saturated rings. The van der Waals surface area contributed by atoms with Crippen LogP contribution in [0.3, 0.4) is 0 Å². The minimum Gasteiger partial charge on any atom is -0.457 e. The van der Waals surface area contributed by atoms with Crippen molar-refractivity contribution in [3.63, 3.8) is 0 Å². The number of ether oxygens (including phenoxy) is 1. The van der Waals surface area contributed by atoms with Crippen LogP contribution in [0.1, 0.15) is 0 Å². The third-order valence-corrected chi connectivity index (χ3v) is 5.22. The molecular weight excluding hydrogens is 404 g/mol. The Bertz CT molecular complexity index is 1190. The van der Waals surface area contributed by atoms with Crippen LogP contribution in [0.25, 0.3) is 0 Å². The molecule has 0 spiro atoms. The van der Waals surface area contributed by atoms with E-state index in [0.717, 1.165) is 39.9 Å². The molecule has 0 amide bonds. The minimum absolute atomic E-state index is 0.758. The van der Waals surface area contributed by atoms with E-state index in [9.17, 15) is 0 Å². The van der Waals surface area contributed by atoms with Crippen molar-refractivity contribution in [1.29, 1.82) is 0 Å². The second-order valence-corrected chi connectivity index (χ2v) is 7.63. The molecule has 0 unspecified atom stereocenters. The van der Waals surface area contributed by atoms with Gasteiger partial charge in [-0.3, -0.25) is 0 Å². The standard InChI is InChI=1S/C30H24N2O/c1-5-13-24(14-6-1)31-25-21-28(23-30(22-25)33-29-19-11-4-12-20-29)32(26-15-7-2-8-16-26)27-17-9-3-10-18-27/h1-23,31H. The summed E-state index contributed by atoms with van der Waals surface area (Å²) in [6.45, 7) is 0. The Balaban J connectivity index is 1.62. The average molecular weight is 429 g/mol. The SMILES string of the molecule is c1ccc(Nc2cc(Oc3ccccc3)cc(N(c3ccccc3)c3ccccc3)c2)cc1. The number of nitrogens with one attached hydrogen (secondary N) is 1. The lowest BCUT2D eigenvalue weighted by Crippen LogP contribution is -2.10. The van der Waals surface area contributed by atoms with E-state index in [0.29, 0.717) is 0 Å². The van der Waals surface area contributed by atoms with Gasteiger partial charge in [0, 0.05) is 34.9 Å². The fourth-order valence-electron chi connectivity index (χ4n) is 3.76. The van der Waals surface area contributed by atoms with Crippen LogP contribution >= 0.6 is 0 Å². The summed E-state index contributed by atoms with van der Waals surface area (Å²) in [6.07, 6.45) is 0. The molecule has 0 atom stereocenters. The third kappa shape index (κ3) is 5.05. The third-order valence-electron chi connectivity index (χ3n) is 5.22. The number of para-hydroxylation sites is 4. The lowest BCUT2D eigenvalue weighted by atomic mass is 10.1. The summed E-state index contributed by atoms with van der Waals surface area (Å²) in [5.74, 6) is 1.56. The molecule has 33 heavy (non-hydrogen) atoms. The van der Waals surface area contributed by atoms with Crippen LogP contribution in [-0.2, 0) is 0 Å². The van der Waals surface area contributed by atoms with Crippen molar-refractivity contribution >= 4 is 28.4 Å². The molecule has 3 nitrogen and oxygen atoms in total. The van der Waals surface area contributed by atoms with Crippen LogP contribution in [0, 0.1) is 0 Å². The van der Waals surface area contributed by atoms with Gasteiger partial charge in [-0.1, -0.05) is 72.8 Å². The highest BCUT2D eigenvalue weighted by Crippen LogP contribution is 2.39. The molecule has 0 radical (unpaired) electrons. The highest BCUT2D eigenvalue weighted by atomic mass is 16.5. The molecule has 0 saturated carbocycles. The largest absolute Gasteiger partial charge is 0.457 e. The highest BCUT2D eigenvalue weighted by molar-refractivity contribution is 5.80. The van der Waals surface area contributed by atoms with Gasteiger partial charge in [0.15, 0.2) is 0 Å². The fourth-order valence-corrected chi connectivity index (χ4v) is 3.76. The smallest absolute Gasteiger partial charge is 0.131 e. The van der Waals surface area contributed by atoms with Gasteiger partial charge in [-0.05, 0) is 54.6 Å². The van der Waals surface area contributed by atoms with E-state index in [-0.39, 0.29) is 0 Å². The molecule has 3 heteroatoms. The van der Waals surface area contributed by atoms with E-state index in [1.54, 1.807) is 0 Å². The summed E-state index contributed by atoms with van der Waals surface area (Å²) in [7, 11) is 0. The molecule has 0 aliphatic rings. The van der Waals surface area contributed by atoms with Crippen LogP contribution < -0.4 is 15.0 Å². The molecule has 0 aliphatic carbocycles. The average Bonchev–Trinajstić information content (AvgIpc) is 2.87. The Labute approximate surface area is 194 Å². The molecule has 1 N–H and O–H groups in total. The van der Waals surface area contributed by atoms with E-state index in [1.807, 2.05) is 66.7 Å². The number of rotatable bonds is 7. The van der Waals surface area contributed by atoms with Gasteiger partial charge in [-0.2, -0.15) is 0 Å². The fraction of sp³-hybridized carbons (Fsp3) is 0. The van der Waals surface area contributed by atoms with Gasteiger partial charge in [0.05, 0.1) is 5.69 Å². The van der Waals surface area contributed by atoms with Crippen LogP contribution in [0.15, 0.2) is 140 Å². The Hall–Kier alpha value is -4.50. The molecule has 0 saturated heterocycles. The van der Waals surface area contributed by atoms with E-state index < -0.39 is 0 Å². The predicted molar refractivity (Wildman–Crippen MR) is 137 cm³/mol. The van der Waals surface area contributed by atoms with Crippen LogP contribution in [0.2, 0.25) is 0 Å². The highest BCUT2D eigenvalue weighted by Gasteiger charge is 2.15. The lowest BCUT2D eigenvalue weighted by Gasteiger charge is -2.26. The zero-order chi connectivity index (χ0) is 22.3. The predicted octanol–water partition coefficient (Wildman–Crippen LogP) is 8.69. The summed E-state index contributed by atoms with van der Waals surface area (Å²) >= 11 is 0. The number of anilines is 5. The van der Waals surface area contributed by atoms with Crippen molar-refractivity contribution in [3.8, 4) is 11.5 Å². The first-order valence-electron chi connectivity index (χ1n) is 11.0. The maximum absolute atomic E-state index is 6.25. The second kappa shape index (κ2) is 9.75. The first-order valence-corrected chi connectivity index (χ1v) is 11.0. The minimum atomic E-state index is 0.758. The molecule has 0 heterocycles. The second-order valence-electron chi connectivity index (χ2n) is 7.63. The summed E-state index contributed by atoms with van der Waals surface area (Å²) < 4.78 is 6.25. The Kier molecular flexibility index (Phi) is 6.03. The van der Waals surface area contributed by atoms with E-state index in [1.165, 1.54) is 0 Å².